The minimum Gasteiger partial charge on any atom is -0.493 e. The largest absolute Gasteiger partial charge is 0.493 e. The number of hydrogen-bond donors (Lipinski definition) is 1. The predicted octanol–water partition coefficient (Wildman–Crippen LogP) is 6.93. The highest BCUT2D eigenvalue weighted by molar-refractivity contribution is 7.87. The first-order valence-electron chi connectivity index (χ1n) is 12.2. The normalized spacial score (nSPS) is 12.5. The second-order valence-electron chi connectivity index (χ2n) is 9.11. The maximum atomic E-state index is 13.3. The van der Waals surface area contributed by atoms with E-state index in [0.29, 0.717) is 23.7 Å². The molecular formula is C28H31F3N2O5S. The quantitative estimate of drug-likeness (QED) is 0.285. The molecule has 210 valence electrons. The van der Waals surface area contributed by atoms with Crippen molar-refractivity contribution in [3.8, 4) is 11.5 Å². The van der Waals surface area contributed by atoms with Crippen molar-refractivity contribution in [2.45, 2.75) is 57.8 Å². The summed E-state index contributed by atoms with van der Waals surface area (Å²) in [5, 5.41) is 2.94. The van der Waals surface area contributed by atoms with Crippen LogP contribution in [-0.4, -0.2) is 32.5 Å². The van der Waals surface area contributed by atoms with E-state index in [1.807, 2.05) is 45.9 Å². The van der Waals surface area contributed by atoms with Gasteiger partial charge >= 0.3 is 22.3 Å². The van der Waals surface area contributed by atoms with Crippen molar-refractivity contribution in [3.05, 3.63) is 82.9 Å². The van der Waals surface area contributed by atoms with Gasteiger partial charge in [-0.3, -0.25) is 0 Å². The van der Waals surface area contributed by atoms with Gasteiger partial charge in [-0.1, -0.05) is 31.2 Å². The van der Waals surface area contributed by atoms with Crippen molar-refractivity contribution >= 4 is 21.8 Å². The van der Waals surface area contributed by atoms with Gasteiger partial charge in [-0.2, -0.15) is 21.6 Å². The van der Waals surface area contributed by atoms with Crippen LogP contribution in [0.2, 0.25) is 0 Å². The molecule has 0 saturated heterocycles. The molecule has 0 heterocycles. The first kappa shape index (κ1) is 29.8. The first-order chi connectivity index (χ1) is 18.3. The number of aryl methyl sites for hydroxylation is 1. The molecular weight excluding hydrogens is 533 g/mol. The third-order valence-electron chi connectivity index (χ3n) is 6.46. The lowest BCUT2D eigenvalue weighted by Gasteiger charge is -2.29. The Hall–Kier alpha value is -3.73. The average Bonchev–Trinajstić information content (AvgIpc) is 2.89. The highest BCUT2D eigenvalue weighted by Crippen LogP contribution is 2.34. The van der Waals surface area contributed by atoms with E-state index >= 15 is 0 Å². The van der Waals surface area contributed by atoms with Crippen LogP contribution in [0.3, 0.4) is 0 Å². The number of alkyl halides is 3. The summed E-state index contributed by atoms with van der Waals surface area (Å²) >= 11 is 0. The lowest BCUT2D eigenvalue weighted by atomic mass is 10.1. The summed E-state index contributed by atoms with van der Waals surface area (Å²) in [4.78, 5) is 14.2. The van der Waals surface area contributed by atoms with Crippen molar-refractivity contribution in [1.29, 1.82) is 0 Å². The Morgan fingerprint density at radius 1 is 1.03 bits per heavy atom. The molecule has 0 aromatic heterocycles. The minimum atomic E-state index is -4.72. The monoisotopic (exact) mass is 564 g/mol. The molecule has 0 aliphatic carbocycles. The third-order valence-corrected chi connectivity index (χ3v) is 7.69. The number of methoxy groups -OCH3 is 1. The number of nitrogens with zero attached hydrogens (tertiary/aromatic N) is 1. The second-order valence-corrected chi connectivity index (χ2v) is 10.7. The zero-order valence-electron chi connectivity index (χ0n) is 22.3. The molecule has 0 radical (unpaired) electrons. The van der Waals surface area contributed by atoms with Crippen molar-refractivity contribution in [1.82, 2.24) is 4.90 Å². The summed E-state index contributed by atoms with van der Waals surface area (Å²) < 4.78 is 75.6. The first-order valence-corrected chi connectivity index (χ1v) is 13.6. The Morgan fingerprint density at radius 2 is 1.72 bits per heavy atom. The molecule has 0 spiro atoms. The summed E-state index contributed by atoms with van der Waals surface area (Å²) in [5.41, 5.74) is 2.06. The molecule has 3 rings (SSSR count). The van der Waals surface area contributed by atoms with Gasteiger partial charge in [0.05, 0.1) is 12.7 Å². The molecule has 0 saturated carbocycles. The van der Waals surface area contributed by atoms with Gasteiger partial charge in [-0.15, -0.1) is 0 Å². The van der Waals surface area contributed by atoms with E-state index in [1.165, 1.54) is 19.2 Å². The predicted molar refractivity (Wildman–Crippen MR) is 142 cm³/mol. The van der Waals surface area contributed by atoms with Crippen LogP contribution in [0.5, 0.6) is 11.5 Å². The van der Waals surface area contributed by atoms with Crippen molar-refractivity contribution in [2.24, 2.45) is 0 Å². The number of carbonyl (C=O) groups excluding carboxylic acids is 1. The molecule has 1 atom stereocenters. The third kappa shape index (κ3) is 7.23. The number of rotatable bonds is 9. The number of ether oxygens (including phenoxy) is 1. The molecule has 1 unspecified atom stereocenters. The van der Waals surface area contributed by atoms with Gasteiger partial charge in [0.2, 0.25) is 0 Å². The number of anilines is 1. The van der Waals surface area contributed by atoms with Gasteiger partial charge in [0.1, 0.15) is 4.90 Å². The number of amides is 2. The van der Waals surface area contributed by atoms with Crippen LogP contribution in [0.15, 0.2) is 65.6 Å². The number of benzene rings is 3. The Labute approximate surface area is 226 Å². The Morgan fingerprint density at radius 3 is 2.36 bits per heavy atom. The SMILES string of the molecule is CCC(C)N(Cc1ccc(OC)c(OS(=O)(=O)c2cccc(C(F)(F)F)c2)c1)C(=O)Nc1cccc(C)c1C. The number of urea groups is 1. The fraction of sp³-hybridized carbons (Fsp3) is 0.321. The van der Waals surface area contributed by atoms with E-state index in [2.05, 4.69) is 5.32 Å². The summed E-state index contributed by atoms with van der Waals surface area (Å²) in [6.07, 6.45) is -4.07. The fourth-order valence-corrected chi connectivity index (χ4v) is 4.78. The molecule has 0 aliphatic rings. The topological polar surface area (TPSA) is 84.9 Å². The Balaban J connectivity index is 1.91. The van der Waals surface area contributed by atoms with E-state index in [0.717, 1.165) is 29.3 Å². The molecule has 2 amide bonds. The lowest BCUT2D eigenvalue weighted by Crippen LogP contribution is -2.40. The summed E-state index contributed by atoms with van der Waals surface area (Å²) in [5.74, 6) is -0.157. The Bertz CT molecular complexity index is 1440. The van der Waals surface area contributed by atoms with Crippen molar-refractivity contribution in [2.75, 3.05) is 12.4 Å². The maximum absolute atomic E-state index is 13.3. The number of nitrogens with one attached hydrogen (secondary N) is 1. The molecule has 3 aromatic carbocycles. The lowest BCUT2D eigenvalue weighted by molar-refractivity contribution is -0.137. The highest BCUT2D eigenvalue weighted by Gasteiger charge is 2.32. The standard InChI is InChI=1S/C28H31F3N2O5S/c1-6-19(3)33(27(34)32-24-12-7-9-18(2)20(24)4)17-21-13-14-25(37-5)26(15-21)38-39(35,36)23-11-8-10-22(16-23)28(29,30)31/h7-16,19H,6,17H2,1-5H3,(H,32,34). The summed E-state index contributed by atoms with van der Waals surface area (Å²) in [6.45, 7) is 7.80. The van der Waals surface area contributed by atoms with Gasteiger partial charge < -0.3 is 19.1 Å². The fourth-order valence-electron chi connectivity index (χ4n) is 3.80. The van der Waals surface area contributed by atoms with E-state index in [9.17, 15) is 26.4 Å². The van der Waals surface area contributed by atoms with Crippen LogP contribution in [0, 0.1) is 13.8 Å². The minimum absolute atomic E-state index is 0.0595. The van der Waals surface area contributed by atoms with Crippen LogP contribution in [0.4, 0.5) is 23.7 Å². The number of hydrogen-bond acceptors (Lipinski definition) is 5. The summed E-state index contributed by atoms with van der Waals surface area (Å²) in [7, 11) is -3.33. The maximum Gasteiger partial charge on any atom is 0.416 e. The highest BCUT2D eigenvalue weighted by atomic mass is 32.2. The van der Waals surface area contributed by atoms with E-state index in [-0.39, 0.29) is 30.1 Å². The molecule has 3 aromatic rings. The van der Waals surface area contributed by atoms with E-state index in [1.54, 1.807) is 11.0 Å². The zero-order chi connectivity index (χ0) is 29.0. The van der Waals surface area contributed by atoms with E-state index in [4.69, 9.17) is 8.92 Å². The second kappa shape index (κ2) is 12.0. The van der Waals surface area contributed by atoms with Gasteiger partial charge in [0.15, 0.2) is 11.5 Å². The van der Waals surface area contributed by atoms with Crippen LogP contribution in [0.1, 0.15) is 42.5 Å². The number of halogens is 3. The molecule has 39 heavy (non-hydrogen) atoms. The zero-order valence-corrected chi connectivity index (χ0v) is 23.1. The number of carbonyl (C=O) groups is 1. The molecule has 1 N–H and O–H groups in total. The average molecular weight is 565 g/mol. The van der Waals surface area contributed by atoms with Gasteiger partial charge in [0, 0.05) is 18.3 Å². The van der Waals surface area contributed by atoms with Gasteiger partial charge in [0.25, 0.3) is 0 Å². The Kier molecular flexibility index (Phi) is 9.16. The molecule has 0 aliphatic heterocycles. The van der Waals surface area contributed by atoms with Crippen molar-refractivity contribution < 1.29 is 35.3 Å². The summed E-state index contributed by atoms with van der Waals surface area (Å²) in [6, 6.07) is 12.9. The molecule has 0 fully saturated rings. The van der Waals surface area contributed by atoms with Crippen molar-refractivity contribution in [3.63, 3.8) is 0 Å². The smallest absolute Gasteiger partial charge is 0.416 e. The molecule has 11 heteroatoms. The van der Waals surface area contributed by atoms with Gasteiger partial charge in [-0.25, -0.2) is 4.79 Å². The van der Waals surface area contributed by atoms with E-state index < -0.39 is 26.8 Å². The van der Waals surface area contributed by atoms with Crippen LogP contribution in [0.25, 0.3) is 0 Å². The molecule has 0 bridgehead atoms. The van der Waals surface area contributed by atoms with Crippen LogP contribution >= 0.6 is 0 Å². The molecule has 7 nitrogen and oxygen atoms in total. The van der Waals surface area contributed by atoms with Gasteiger partial charge in [-0.05, 0) is 80.3 Å². The van der Waals surface area contributed by atoms with Crippen LogP contribution in [-0.2, 0) is 22.8 Å². The van der Waals surface area contributed by atoms with Crippen LogP contribution < -0.4 is 14.2 Å².